The summed E-state index contributed by atoms with van der Waals surface area (Å²) >= 11 is 6.09. The highest BCUT2D eigenvalue weighted by Crippen LogP contribution is 2.43. The molecule has 0 bridgehead atoms. The first kappa shape index (κ1) is 20.1. The molecule has 3 aromatic rings. The molecule has 1 aliphatic carbocycles. The van der Waals surface area contributed by atoms with Crippen LogP contribution in [0.15, 0.2) is 60.9 Å². The highest BCUT2D eigenvalue weighted by molar-refractivity contribution is 6.30. The van der Waals surface area contributed by atoms with E-state index in [1.807, 2.05) is 70.4 Å². The van der Waals surface area contributed by atoms with Gasteiger partial charge in [0, 0.05) is 43.6 Å². The van der Waals surface area contributed by atoms with E-state index < -0.39 is 5.41 Å². The summed E-state index contributed by atoms with van der Waals surface area (Å²) in [5.74, 6) is 1.92. The van der Waals surface area contributed by atoms with Gasteiger partial charge in [-0.25, -0.2) is 0 Å². The van der Waals surface area contributed by atoms with Gasteiger partial charge in [-0.15, -0.1) is 10.2 Å². The van der Waals surface area contributed by atoms with E-state index in [0.29, 0.717) is 18.1 Å². The van der Waals surface area contributed by atoms with Crippen LogP contribution in [0, 0.1) is 0 Å². The monoisotopic (exact) mass is 435 g/mol. The maximum atomic E-state index is 13.7. The first-order chi connectivity index (χ1) is 15.2. The van der Waals surface area contributed by atoms with E-state index in [9.17, 15) is 4.79 Å². The number of carbonyl (C=O) groups excluding carboxylic acids is 1. The molecule has 2 aromatic heterocycles. The number of aromatic nitrogens is 3. The van der Waals surface area contributed by atoms with Crippen LogP contribution >= 0.6 is 11.6 Å². The Labute approximate surface area is 187 Å². The molecule has 1 aromatic carbocycles. The normalized spacial score (nSPS) is 18.4. The second-order valence-corrected chi connectivity index (χ2v) is 8.85. The van der Waals surface area contributed by atoms with Crippen molar-refractivity contribution in [1.82, 2.24) is 19.7 Å². The SMILES string of the molecule is O=C(N1CCN(c2ccc(-n3cccc3)nn2)CC1)C1(c2ccc(Cl)cc2)CCCC1. The zero-order valence-corrected chi connectivity index (χ0v) is 18.2. The van der Waals surface area contributed by atoms with Crippen LogP contribution in [0.4, 0.5) is 5.82 Å². The molecule has 0 spiro atoms. The van der Waals surface area contributed by atoms with Gasteiger partial charge in [-0.2, -0.15) is 0 Å². The fraction of sp³-hybridized carbons (Fsp3) is 0.375. The summed E-state index contributed by atoms with van der Waals surface area (Å²) in [5, 5.41) is 9.48. The van der Waals surface area contributed by atoms with E-state index in [-0.39, 0.29) is 5.91 Å². The summed E-state index contributed by atoms with van der Waals surface area (Å²) < 4.78 is 1.94. The maximum absolute atomic E-state index is 13.7. The van der Waals surface area contributed by atoms with Crippen molar-refractivity contribution in [2.24, 2.45) is 0 Å². The highest BCUT2D eigenvalue weighted by atomic mass is 35.5. The summed E-state index contributed by atoms with van der Waals surface area (Å²) in [4.78, 5) is 17.9. The number of rotatable bonds is 4. The number of hydrogen-bond acceptors (Lipinski definition) is 4. The number of piperazine rings is 1. The lowest BCUT2D eigenvalue weighted by Crippen LogP contribution is -2.54. The van der Waals surface area contributed by atoms with Gasteiger partial charge in [0.2, 0.25) is 5.91 Å². The molecule has 2 fully saturated rings. The average Bonchev–Trinajstić information content (AvgIpc) is 3.53. The van der Waals surface area contributed by atoms with E-state index in [1.54, 1.807) is 0 Å². The fourth-order valence-corrected chi connectivity index (χ4v) is 5.05. The maximum Gasteiger partial charge on any atom is 0.233 e. The molecule has 6 nitrogen and oxygen atoms in total. The molecule has 1 amide bonds. The number of hydrogen-bond donors (Lipinski definition) is 0. The lowest BCUT2D eigenvalue weighted by molar-refractivity contribution is -0.137. The van der Waals surface area contributed by atoms with Gasteiger partial charge in [0.05, 0.1) is 5.41 Å². The Morgan fingerprint density at radius 1 is 0.839 bits per heavy atom. The van der Waals surface area contributed by atoms with Gasteiger partial charge in [0.1, 0.15) is 0 Å². The van der Waals surface area contributed by atoms with Gasteiger partial charge in [-0.3, -0.25) is 4.79 Å². The number of benzene rings is 1. The first-order valence-electron chi connectivity index (χ1n) is 10.9. The Hall–Kier alpha value is -2.86. The van der Waals surface area contributed by atoms with Crippen LogP contribution in [-0.2, 0) is 10.2 Å². The average molecular weight is 436 g/mol. The van der Waals surface area contributed by atoms with Crippen molar-refractivity contribution < 1.29 is 4.79 Å². The molecule has 1 aliphatic heterocycles. The second kappa shape index (κ2) is 8.35. The van der Waals surface area contributed by atoms with Crippen LogP contribution in [-0.4, -0.2) is 51.8 Å². The quantitative estimate of drug-likeness (QED) is 0.619. The second-order valence-electron chi connectivity index (χ2n) is 8.42. The summed E-state index contributed by atoms with van der Waals surface area (Å²) in [6.45, 7) is 2.93. The topological polar surface area (TPSA) is 54.3 Å². The lowest BCUT2D eigenvalue weighted by atomic mass is 9.77. The van der Waals surface area contributed by atoms with E-state index in [2.05, 4.69) is 15.1 Å². The van der Waals surface area contributed by atoms with Crippen molar-refractivity contribution >= 4 is 23.3 Å². The minimum absolute atomic E-state index is 0.265. The van der Waals surface area contributed by atoms with Crippen molar-refractivity contribution in [3.05, 3.63) is 71.5 Å². The van der Waals surface area contributed by atoms with E-state index in [4.69, 9.17) is 11.6 Å². The molecular weight excluding hydrogens is 410 g/mol. The molecule has 0 atom stereocenters. The smallest absolute Gasteiger partial charge is 0.233 e. The molecule has 5 rings (SSSR count). The summed E-state index contributed by atoms with van der Waals surface area (Å²) in [6.07, 6.45) is 7.93. The minimum atomic E-state index is -0.398. The van der Waals surface area contributed by atoms with Crippen LogP contribution < -0.4 is 4.90 Å². The van der Waals surface area contributed by atoms with Gasteiger partial charge in [0.25, 0.3) is 0 Å². The van der Waals surface area contributed by atoms with Crippen LogP contribution in [0.2, 0.25) is 5.02 Å². The molecule has 7 heteroatoms. The summed E-state index contributed by atoms with van der Waals surface area (Å²) in [5.41, 5.74) is 0.707. The van der Waals surface area contributed by atoms with Gasteiger partial charge < -0.3 is 14.4 Å². The number of halogens is 1. The summed E-state index contributed by atoms with van der Waals surface area (Å²) in [6, 6.07) is 15.8. The molecule has 160 valence electrons. The molecule has 2 aliphatic rings. The molecule has 31 heavy (non-hydrogen) atoms. The Bertz CT molecular complexity index is 1020. The summed E-state index contributed by atoms with van der Waals surface area (Å²) in [7, 11) is 0. The Kier molecular flexibility index (Phi) is 5.40. The third-order valence-corrected chi connectivity index (χ3v) is 6.91. The van der Waals surface area contributed by atoms with E-state index in [0.717, 1.165) is 56.0 Å². The number of anilines is 1. The van der Waals surface area contributed by atoms with Crippen molar-refractivity contribution in [3.8, 4) is 5.82 Å². The van der Waals surface area contributed by atoms with Crippen molar-refractivity contribution in [3.63, 3.8) is 0 Å². The van der Waals surface area contributed by atoms with Crippen LogP contribution in [0.1, 0.15) is 31.2 Å². The molecule has 3 heterocycles. The molecule has 0 N–H and O–H groups in total. The Morgan fingerprint density at radius 2 is 1.45 bits per heavy atom. The van der Waals surface area contributed by atoms with Crippen molar-refractivity contribution in [2.75, 3.05) is 31.1 Å². The van der Waals surface area contributed by atoms with Gasteiger partial charge in [0.15, 0.2) is 11.6 Å². The van der Waals surface area contributed by atoms with E-state index >= 15 is 0 Å². The third kappa shape index (κ3) is 3.81. The molecular formula is C24H26ClN5O. The predicted octanol–water partition coefficient (Wildman–Crippen LogP) is 4.08. The van der Waals surface area contributed by atoms with Gasteiger partial charge in [-0.05, 0) is 54.8 Å². The first-order valence-corrected chi connectivity index (χ1v) is 11.3. The van der Waals surface area contributed by atoms with Crippen molar-refractivity contribution in [1.29, 1.82) is 0 Å². The number of carbonyl (C=O) groups is 1. The molecule has 1 saturated heterocycles. The fourth-order valence-electron chi connectivity index (χ4n) is 4.93. The van der Waals surface area contributed by atoms with E-state index in [1.165, 1.54) is 0 Å². The highest BCUT2D eigenvalue weighted by Gasteiger charge is 2.45. The number of nitrogens with zero attached hydrogens (tertiary/aromatic N) is 5. The third-order valence-electron chi connectivity index (χ3n) is 6.66. The predicted molar refractivity (Wildman–Crippen MR) is 122 cm³/mol. The Balaban J connectivity index is 1.27. The molecule has 0 radical (unpaired) electrons. The van der Waals surface area contributed by atoms with Gasteiger partial charge >= 0.3 is 0 Å². The lowest BCUT2D eigenvalue weighted by Gasteiger charge is -2.40. The van der Waals surface area contributed by atoms with Gasteiger partial charge in [-0.1, -0.05) is 36.6 Å². The van der Waals surface area contributed by atoms with Crippen LogP contribution in [0.25, 0.3) is 5.82 Å². The number of amides is 1. The standard InChI is InChI=1S/C24H26ClN5O/c25-20-7-5-19(6-8-20)24(11-1-2-12-24)23(31)30-17-15-29(16-18-30)22-10-9-21(26-27-22)28-13-3-4-14-28/h3-10,13-14H,1-2,11-12,15-18H2. The zero-order valence-electron chi connectivity index (χ0n) is 17.5. The minimum Gasteiger partial charge on any atom is -0.352 e. The van der Waals surface area contributed by atoms with Crippen LogP contribution in [0.5, 0.6) is 0 Å². The molecule has 0 unspecified atom stereocenters. The Morgan fingerprint density at radius 3 is 2.06 bits per heavy atom. The molecule has 1 saturated carbocycles. The zero-order chi connectivity index (χ0) is 21.3. The largest absolute Gasteiger partial charge is 0.352 e. The van der Waals surface area contributed by atoms with Crippen molar-refractivity contribution in [2.45, 2.75) is 31.1 Å². The van der Waals surface area contributed by atoms with Crippen LogP contribution in [0.3, 0.4) is 0 Å².